The van der Waals surface area contributed by atoms with Gasteiger partial charge in [-0.3, -0.25) is 0 Å². The Bertz CT molecular complexity index is 606. The molecule has 1 heteroatoms. The van der Waals surface area contributed by atoms with E-state index in [1.165, 1.54) is 28.7 Å². The Kier molecular flexibility index (Phi) is 1.91. The van der Waals surface area contributed by atoms with E-state index in [1.54, 1.807) is 0 Å². The van der Waals surface area contributed by atoms with Gasteiger partial charge in [0.15, 0.2) is 0 Å². The van der Waals surface area contributed by atoms with Crippen LogP contribution in [-0.4, -0.2) is 0 Å². The predicted molar refractivity (Wildman–Crippen MR) is 74.2 cm³/mol. The maximum atomic E-state index is 3.60. The van der Waals surface area contributed by atoms with Crippen molar-refractivity contribution in [2.75, 3.05) is 0 Å². The van der Waals surface area contributed by atoms with E-state index in [2.05, 4.69) is 60.9 Å². The summed E-state index contributed by atoms with van der Waals surface area (Å²) in [4.78, 5) is 0. The van der Waals surface area contributed by atoms with Crippen molar-refractivity contribution in [3.8, 4) is 0 Å². The molecule has 1 nitrogen and oxygen atoms in total. The third-order valence-corrected chi connectivity index (χ3v) is 4.64. The number of hydrogen-bond acceptors (Lipinski definition) is 1. The Morgan fingerprint density at radius 3 is 3.11 bits per heavy atom. The van der Waals surface area contributed by atoms with E-state index in [0.29, 0.717) is 6.04 Å². The van der Waals surface area contributed by atoms with E-state index >= 15 is 0 Å². The first-order chi connectivity index (χ1) is 8.79. The van der Waals surface area contributed by atoms with E-state index < -0.39 is 0 Å². The highest BCUT2D eigenvalue weighted by atomic mass is 14.9. The lowest BCUT2D eigenvalue weighted by atomic mass is 9.73. The Balaban J connectivity index is 1.97. The number of rotatable bonds is 0. The van der Waals surface area contributed by atoms with Gasteiger partial charge in [0.25, 0.3) is 0 Å². The van der Waals surface area contributed by atoms with Crippen LogP contribution in [0.1, 0.15) is 36.9 Å². The van der Waals surface area contributed by atoms with E-state index in [4.69, 9.17) is 0 Å². The number of allylic oxidation sites excluding steroid dienone is 5. The van der Waals surface area contributed by atoms with Crippen molar-refractivity contribution < 1.29 is 0 Å². The van der Waals surface area contributed by atoms with Crippen molar-refractivity contribution >= 4 is 0 Å². The fourth-order valence-electron chi connectivity index (χ4n) is 3.78. The maximum Gasteiger partial charge on any atom is 0.0523 e. The smallest absolute Gasteiger partial charge is 0.0523 e. The molecule has 3 aliphatic rings. The zero-order valence-corrected chi connectivity index (χ0v) is 10.6. The van der Waals surface area contributed by atoms with Gasteiger partial charge in [-0.1, -0.05) is 49.4 Å². The zero-order chi connectivity index (χ0) is 12.2. The minimum Gasteiger partial charge on any atom is -0.384 e. The largest absolute Gasteiger partial charge is 0.384 e. The fourth-order valence-corrected chi connectivity index (χ4v) is 3.78. The second-order valence-electron chi connectivity index (χ2n) is 5.70. The molecule has 1 heterocycles. The second-order valence-corrected chi connectivity index (χ2v) is 5.70. The van der Waals surface area contributed by atoms with Crippen molar-refractivity contribution in [3.63, 3.8) is 0 Å². The topological polar surface area (TPSA) is 12.0 Å². The van der Waals surface area contributed by atoms with Crippen LogP contribution >= 0.6 is 0 Å². The number of fused-ring (bicyclic) bond motifs is 7. The fraction of sp³-hybridized carbons (Fsp3) is 0.294. The number of nitrogens with one attached hydrogen (secondary N) is 1. The summed E-state index contributed by atoms with van der Waals surface area (Å²) in [5.41, 5.74) is 6.03. The van der Waals surface area contributed by atoms with Crippen molar-refractivity contribution in [1.29, 1.82) is 0 Å². The number of benzene rings is 1. The van der Waals surface area contributed by atoms with Gasteiger partial charge >= 0.3 is 0 Å². The molecule has 4 rings (SSSR count). The average Bonchev–Trinajstić information content (AvgIpc) is 2.61. The van der Waals surface area contributed by atoms with Crippen molar-refractivity contribution in [2.24, 2.45) is 0 Å². The molecule has 18 heavy (non-hydrogen) atoms. The van der Waals surface area contributed by atoms with Crippen LogP contribution in [0.25, 0.3) is 0 Å². The third-order valence-electron chi connectivity index (χ3n) is 4.64. The molecule has 2 unspecified atom stereocenters. The first kappa shape index (κ1) is 10.2. The van der Waals surface area contributed by atoms with Crippen LogP contribution in [0.2, 0.25) is 0 Å². The first-order valence-corrected chi connectivity index (χ1v) is 6.72. The van der Waals surface area contributed by atoms with E-state index in [-0.39, 0.29) is 5.41 Å². The summed E-state index contributed by atoms with van der Waals surface area (Å²) in [5.74, 6) is 0. The molecule has 90 valence electrons. The molecule has 0 aromatic heterocycles. The Morgan fingerprint density at radius 2 is 2.17 bits per heavy atom. The van der Waals surface area contributed by atoms with Gasteiger partial charge in [0, 0.05) is 11.6 Å². The minimum atomic E-state index is 0.182. The normalized spacial score (nSPS) is 31.7. The Hall–Kier alpha value is -1.76. The molecular formula is C17H17N. The summed E-state index contributed by atoms with van der Waals surface area (Å²) >= 11 is 0. The van der Waals surface area contributed by atoms with Gasteiger partial charge in [0.2, 0.25) is 0 Å². The monoisotopic (exact) mass is 235 g/mol. The van der Waals surface area contributed by atoms with E-state index in [1.807, 2.05) is 0 Å². The quantitative estimate of drug-likeness (QED) is 0.722. The SMILES string of the molecule is CC12CC(NC=C3C=CCC=C31)c1ccccc12. The maximum absolute atomic E-state index is 3.60. The average molecular weight is 235 g/mol. The van der Waals surface area contributed by atoms with Gasteiger partial charge in [0.05, 0.1) is 6.04 Å². The minimum absolute atomic E-state index is 0.182. The molecule has 2 atom stereocenters. The van der Waals surface area contributed by atoms with Crippen LogP contribution in [0.3, 0.4) is 0 Å². The lowest BCUT2D eigenvalue weighted by Gasteiger charge is -2.30. The van der Waals surface area contributed by atoms with Gasteiger partial charge in [-0.2, -0.15) is 0 Å². The van der Waals surface area contributed by atoms with Crippen LogP contribution in [0.4, 0.5) is 0 Å². The molecule has 2 bridgehead atoms. The zero-order valence-electron chi connectivity index (χ0n) is 10.6. The standard InChI is InChI=1S/C17H17N/c1-17-10-16(13-7-3-5-9-15(13)17)18-11-12-6-2-4-8-14(12)17/h2-3,5-9,11,16,18H,4,10H2,1H3. The molecule has 0 saturated carbocycles. The van der Waals surface area contributed by atoms with Crippen molar-refractivity contribution in [2.45, 2.75) is 31.2 Å². The Labute approximate surface area is 108 Å². The molecule has 0 radical (unpaired) electrons. The highest BCUT2D eigenvalue weighted by Crippen LogP contribution is 2.52. The van der Waals surface area contributed by atoms with Crippen LogP contribution in [-0.2, 0) is 5.41 Å². The lowest BCUT2D eigenvalue weighted by Crippen LogP contribution is -2.22. The summed E-state index contributed by atoms with van der Waals surface area (Å²) in [5, 5.41) is 3.60. The van der Waals surface area contributed by atoms with Crippen molar-refractivity contribution in [3.05, 3.63) is 71.0 Å². The molecule has 0 fully saturated rings. The van der Waals surface area contributed by atoms with Crippen LogP contribution in [0.15, 0.2) is 59.8 Å². The molecule has 0 amide bonds. The van der Waals surface area contributed by atoms with Crippen LogP contribution in [0.5, 0.6) is 0 Å². The van der Waals surface area contributed by atoms with Gasteiger partial charge in [-0.15, -0.1) is 0 Å². The highest BCUT2D eigenvalue weighted by molar-refractivity contribution is 5.58. The Morgan fingerprint density at radius 1 is 1.28 bits per heavy atom. The predicted octanol–water partition coefficient (Wildman–Crippen LogP) is 3.76. The van der Waals surface area contributed by atoms with Crippen molar-refractivity contribution in [1.82, 2.24) is 5.32 Å². The summed E-state index contributed by atoms with van der Waals surface area (Å²) < 4.78 is 0. The molecule has 1 aromatic carbocycles. The summed E-state index contributed by atoms with van der Waals surface area (Å²) in [6, 6.07) is 9.37. The molecule has 0 spiro atoms. The van der Waals surface area contributed by atoms with Gasteiger partial charge < -0.3 is 5.32 Å². The molecule has 0 saturated heterocycles. The summed E-state index contributed by atoms with van der Waals surface area (Å²) in [7, 11) is 0. The number of hydrogen-bond donors (Lipinski definition) is 1. The highest BCUT2D eigenvalue weighted by Gasteiger charge is 2.44. The van der Waals surface area contributed by atoms with Gasteiger partial charge in [-0.25, -0.2) is 0 Å². The molecule has 1 aromatic rings. The van der Waals surface area contributed by atoms with Crippen LogP contribution < -0.4 is 5.32 Å². The third kappa shape index (κ3) is 1.17. The van der Waals surface area contributed by atoms with Gasteiger partial charge in [-0.05, 0) is 35.1 Å². The summed E-state index contributed by atoms with van der Waals surface area (Å²) in [6.45, 7) is 2.40. The first-order valence-electron chi connectivity index (χ1n) is 6.72. The van der Waals surface area contributed by atoms with E-state index in [9.17, 15) is 0 Å². The molecule has 1 N–H and O–H groups in total. The molecule has 1 aliphatic heterocycles. The second kappa shape index (κ2) is 3.38. The lowest BCUT2D eigenvalue weighted by molar-refractivity contribution is 0.493. The molecular weight excluding hydrogens is 218 g/mol. The van der Waals surface area contributed by atoms with Gasteiger partial charge in [0.1, 0.15) is 0 Å². The van der Waals surface area contributed by atoms with E-state index in [0.717, 1.165) is 6.42 Å². The van der Waals surface area contributed by atoms with Crippen LogP contribution in [0, 0.1) is 0 Å². The summed E-state index contributed by atoms with van der Waals surface area (Å²) in [6.07, 6.45) is 11.3. The molecule has 2 aliphatic carbocycles.